The molecular formula is C26H32N2O17P4S. The van der Waals surface area contributed by atoms with Crippen molar-refractivity contribution in [3.63, 3.8) is 0 Å². The zero-order valence-corrected chi connectivity index (χ0v) is 30.0. The fourth-order valence-electron chi connectivity index (χ4n) is 5.82. The third-order valence-corrected chi connectivity index (χ3v) is 16.6. The van der Waals surface area contributed by atoms with E-state index in [4.69, 9.17) is 18.7 Å². The molecule has 3 fully saturated rings. The number of phosphoric ester groups is 1. The molecule has 0 amide bonds. The van der Waals surface area contributed by atoms with Crippen LogP contribution in [0, 0.1) is 0 Å². The molecule has 3 heterocycles. The highest BCUT2D eigenvalue weighted by molar-refractivity contribution is 8.55. The second kappa shape index (κ2) is 14.9. The van der Waals surface area contributed by atoms with Gasteiger partial charge in [0, 0.05) is 23.1 Å². The highest BCUT2D eigenvalue weighted by Crippen LogP contribution is 2.74. The number of rotatable bonds is 13. The molecule has 19 nitrogen and oxygen atoms in total. The second-order valence-corrected chi connectivity index (χ2v) is 20.4. The molecule has 3 aromatic rings. The highest BCUT2D eigenvalue weighted by atomic mass is 32.7. The van der Waals surface area contributed by atoms with Crippen LogP contribution in [0.4, 0.5) is 0 Å². The lowest BCUT2D eigenvalue weighted by Crippen LogP contribution is -2.36. The molecule has 9 atom stereocenters. The number of benzene rings is 2. The SMILES string of the molecule is O=c1ccn([C@@H]2O[C@H](COP(=O)(O)OP(=O)(O)OP(=O)(O)OP(=O)(O)SC3CCCCC3)C3OC(c4ccc5ccccc5c4)O[C@@H]32)c(=O)[nH]1. The number of nitrogens with one attached hydrogen (secondary N) is 1. The average molecular weight is 801 g/mol. The Balaban J connectivity index is 1.13. The Bertz CT molecular complexity index is 2040. The Morgan fingerprint density at radius 3 is 2.18 bits per heavy atom. The van der Waals surface area contributed by atoms with Gasteiger partial charge in [0.25, 0.3) is 5.56 Å². The Morgan fingerprint density at radius 1 is 0.800 bits per heavy atom. The van der Waals surface area contributed by atoms with Gasteiger partial charge in [0.2, 0.25) is 0 Å². The average Bonchev–Trinajstić information content (AvgIpc) is 3.58. The first kappa shape index (κ1) is 38.0. The van der Waals surface area contributed by atoms with Crippen LogP contribution in [0.25, 0.3) is 10.8 Å². The number of nitrogens with zero attached hydrogens (tertiary/aromatic N) is 1. The van der Waals surface area contributed by atoms with Gasteiger partial charge >= 0.3 is 36.0 Å². The minimum atomic E-state index is -5.98. The Labute approximate surface area is 286 Å². The second-order valence-electron chi connectivity index (χ2n) is 11.5. The van der Waals surface area contributed by atoms with E-state index in [1.807, 2.05) is 36.4 Å². The summed E-state index contributed by atoms with van der Waals surface area (Å²) in [5.41, 5.74) is -0.967. The lowest BCUT2D eigenvalue weighted by molar-refractivity contribution is -0.154. The van der Waals surface area contributed by atoms with Crippen molar-refractivity contribution < 1.29 is 69.5 Å². The summed E-state index contributed by atoms with van der Waals surface area (Å²) in [5, 5.41) is 1.44. The van der Waals surface area contributed by atoms with Gasteiger partial charge in [-0.1, -0.05) is 55.7 Å². The minimum Gasteiger partial charge on any atom is -0.346 e. The molecular weight excluding hydrogens is 768 g/mol. The molecule has 1 saturated carbocycles. The molecule has 1 aromatic heterocycles. The lowest BCUT2D eigenvalue weighted by atomic mass is 10.0. The van der Waals surface area contributed by atoms with Gasteiger partial charge in [-0.05, 0) is 41.1 Å². The monoisotopic (exact) mass is 800 g/mol. The fourth-order valence-corrected chi connectivity index (χ4v) is 14.2. The molecule has 6 unspecified atom stereocenters. The zero-order valence-electron chi connectivity index (χ0n) is 25.6. The molecule has 2 saturated heterocycles. The van der Waals surface area contributed by atoms with Gasteiger partial charge in [0.15, 0.2) is 12.5 Å². The van der Waals surface area contributed by atoms with Gasteiger partial charge in [0.1, 0.15) is 18.3 Å². The Morgan fingerprint density at radius 2 is 1.46 bits per heavy atom. The van der Waals surface area contributed by atoms with Crippen LogP contribution in [-0.4, -0.2) is 59.3 Å². The van der Waals surface area contributed by atoms with E-state index in [1.54, 1.807) is 6.07 Å². The van der Waals surface area contributed by atoms with Gasteiger partial charge in [-0.15, -0.1) is 0 Å². The maximum Gasteiger partial charge on any atom is 0.490 e. The first-order valence-electron chi connectivity index (χ1n) is 15.0. The van der Waals surface area contributed by atoms with E-state index in [0.717, 1.165) is 46.9 Å². The van der Waals surface area contributed by atoms with Crippen molar-refractivity contribution >= 4 is 52.4 Å². The zero-order chi connectivity index (χ0) is 35.9. The summed E-state index contributed by atoms with van der Waals surface area (Å²) in [6, 6.07) is 14.0. The predicted octanol–water partition coefficient (Wildman–Crippen LogP) is 4.60. The normalized spacial score (nSPS) is 29.1. The van der Waals surface area contributed by atoms with Crippen LogP contribution in [0.15, 0.2) is 64.3 Å². The Hall–Kier alpha value is -1.79. The van der Waals surface area contributed by atoms with E-state index in [1.165, 1.54) is 0 Å². The summed E-state index contributed by atoms with van der Waals surface area (Å²) < 4.78 is 86.2. The first-order valence-corrected chi connectivity index (χ1v) is 22.6. The number of ether oxygens (including phenoxy) is 3. The molecule has 3 aliphatic rings. The van der Waals surface area contributed by atoms with Crippen molar-refractivity contribution in [2.75, 3.05) is 6.61 Å². The van der Waals surface area contributed by atoms with Crippen LogP contribution in [0.5, 0.6) is 0 Å². The van der Waals surface area contributed by atoms with Crippen molar-refractivity contribution in [2.24, 2.45) is 0 Å². The molecule has 5 N–H and O–H groups in total. The van der Waals surface area contributed by atoms with E-state index in [-0.39, 0.29) is 5.25 Å². The van der Waals surface area contributed by atoms with Crippen molar-refractivity contribution in [3.05, 3.63) is 81.1 Å². The largest absolute Gasteiger partial charge is 0.490 e. The van der Waals surface area contributed by atoms with Crippen molar-refractivity contribution in [3.8, 4) is 0 Å². The minimum absolute atomic E-state index is 0.375. The lowest BCUT2D eigenvalue weighted by Gasteiger charge is -2.24. The summed E-state index contributed by atoms with van der Waals surface area (Å²) in [6.07, 6.45) is -1.04. The molecule has 1 aliphatic carbocycles. The smallest absolute Gasteiger partial charge is 0.346 e. The molecule has 2 aromatic carbocycles. The molecule has 2 aliphatic heterocycles. The number of fused-ring (bicyclic) bond motifs is 2. The van der Waals surface area contributed by atoms with Gasteiger partial charge in [-0.25, -0.2) is 23.1 Å². The molecule has 0 bridgehead atoms. The van der Waals surface area contributed by atoms with Crippen molar-refractivity contribution in [1.29, 1.82) is 0 Å². The number of hydrogen-bond acceptors (Lipinski definition) is 14. The maximum atomic E-state index is 12.7. The summed E-state index contributed by atoms with van der Waals surface area (Å²) in [5.74, 6) is 0. The molecule has 24 heteroatoms. The molecule has 6 rings (SSSR count). The fraction of sp³-hybridized carbons (Fsp3) is 0.462. The molecule has 50 heavy (non-hydrogen) atoms. The molecule has 274 valence electrons. The number of H-pyrrole nitrogens is 1. The maximum absolute atomic E-state index is 12.7. The van der Waals surface area contributed by atoms with E-state index in [9.17, 15) is 47.4 Å². The third kappa shape index (κ3) is 9.41. The number of phosphoric acid groups is 3. The quantitative estimate of drug-likeness (QED) is 0.148. The Kier molecular flexibility index (Phi) is 11.3. The highest BCUT2D eigenvalue weighted by Gasteiger charge is 2.55. The topological polar surface area (TPSA) is 269 Å². The predicted molar refractivity (Wildman–Crippen MR) is 175 cm³/mol. The van der Waals surface area contributed by atoms with Crippen LogP contribution >= 0.6 is 41.6 Å². The summed E-state index contributed by atoms with van der Waals surface area (Å²) in [4.78, 5) is 66.6. The standard InChI is InChI=1S/C26H32N2O17P4S/c29-21-12-13-28(26(30)27-21)24-23-22(41-25(42-23)18-11-10-16-6-4-5-7-17(16)14-18)20(40-24)15-39-46(31,32)43-47(33,34)44-48(35,36)45-49(37,38)50-19-8-2-1-3-9-19/h4-7,10-14,19-20,22-25H,1-3,8-9,15H2,(H,31,32)(H,33,34)(H,35,36)(H,37,38)(H,27,29,30)/t20-,22?,23+,24-,25?/m1/s1. The van der Waals surface area contributed by atoms with Crippen LogP contribution < -0.4 is 11.2 Å². The number of aromatic amines is 1. The van der Waals surface area contributed by atoms with Crippen molar-refractivity contribution in [2.45, 2.75) is 68.2 Å². The third-order valence-electron chi connectivity index (χ3n) is 7.87. The van der Waals surface area contributed by atoms with E-state index < -0.39 is 79.0 Å². The van der Waals surface area contributed by atoms with Gasteiger partial charge in [-0.3, -0.25) is 18.9 Å². The van der Waals surface area contributed by atoms with E-state index in [2.05, 4.69) is 17.9 Å². The summed E-state index contributed by atoms with van der Waals surface area (Å²) in [6.45, 7) is -5.79. The van der Waals surface area contributed by atoms with E-state index >= 15 is 0 Å². The summed E-state index contributed by atoms with van der Waals surface area (Å²) >= 11 is 0.379. The summed E-state index contributed by atoms with van der Waals surface area (Å²) in [7, 11) is -17.4. The van der Waals surface area contributed by atoms with Crippen LogP contribution in [-0.2, 0) is 49.9 Å². The first-order chi connectivity index (χ1) is 23.5. The van der Waals surface area contributed by atoms with Crippen LogP contribution in [0.1, 0.15) is 50.2 Å². The van der Waals surface area contributed by atoms with Gasteiger partial charge in [0.05, 0.1) is 6.61 Å². The van der Waals surface area contributed by atoms with Crippen LogP contribution in [0.3, 0.4) is 0 Å². The van der Waals surface area contributed by atoms with E-state index in [0.29, 0.717) is 29.8 Å². The molecule has 0 spiro atoms. The number of aromatic nitrogens is 2. The van der Waals surface area contributed by atoms with Gasteiger partial charge < -0.3 is 33.8 Å². The van der Waals surface area contributed by atoms with Crippen LogP contribution in [0.2, 0.25) is 0 Å². The number of hydrogen-bond donors (Lipinski definition) is 5. The van der Waals surface area contributed by atoms with Gasteiger partial charge in [-0.2, -0.15) is 12.9 Å². The molecule has 0 radical (unpaired) electrons. The van der Waals surface area contributed by atoms with Crippen molar-refractivity contribution in [1.82, 2.24) is 9.55 Å².